The van der Waals surface area contributed by atoms with Crippen molar-refractivity contribution in [2.75, 3.05) is 44.5 Å². The number of fused-ring (bicyclic) bond motifs is 3. The lowest BCUT2D eigenvalue weighted by Crippen LogP contribution is -2.58. The Morgan fingerprint density at radius 1 is 1.02 bits per heavy atom. The maximum Gasteiger partial charge on any atom is 0.278 e. The van der Waals surface area contributed by atoms with Crippen LogP contribution in [0.2, 0.25) is 0 Å². The van der Waals surface area contributed by atoms with Crippen LogP contribution in [0.25, 0.3) is 0 Å². The van der Waals surface area contributed by atoms with E-state index in [1.54, 1.807) is 10.9 Å². The van der Waals surface area contributed by atoms with Gasteiger partial charge >= 0.3 is 0 Å². The molecule has 0 aliphatic carbocycles. The maximum atomic E-state index is 13.9. The van der Waals surface area contributed by atoms with E-state index in [1.807, 2.05) is 16.7 Å². The van der Waals surface area contributed by atoms with E-state index in [1.165, 1.54) is 16.5 Å². The van der Waals surface area contributed by atoms with Gasteiger partial charge in [0.05, 0.1) is 12.6 Å². The molecular weight excluding hydrogens is 524 g/mol. The van der Waals surface area contributed by atoms with Crippen molar-refractivity contribution < 1.29 is 14.6 Å². The molecule has 0 bridgehead atoms. The molecule has 1 fully saturated rings. The number of aromatic hydroxyl groups is 1. The van der Waals surface area contributed by atoms with E-state index in [2.05, 4.69) is 65.4 Å². The highest BCUT2D eigenvalue weighted by Crippen LogP contribution is 2.43. The molecular formula is C31H36N4O4S. The minimum Gasteiger partial charge on any atom is -0.502 e. The number of ether oxygens (including phenoxy) is 1. The van der Waals surface area contributed by atoms with E-state index in [9.17, 15) is 14.7 Å². The molecule has 0 radical (unpaired) electrons. The van der Waals surface area contributed by atoms with Crippen LogP contribution >= 0.6 is 11.8 Å². The zero-order valence-electron chi connectivity index (χ0n) is 22.9. The van der Waals surface area contributed by atoms with Crippen LogP contribution < -0.4 is 10.4 Å². The molecule has 3 aliphatic rings. The van der Waals surface area contributed by atoms with Crippen molar-refractivity contribution in [1.29, 1.82) is 0 Å². The van der Waals surface area contributed by atoms with Gasteiger partial charge in [-0.25, -0.2) is 0 Å². The average Bonchev–Trinajstić information content (AvgIpc) is 3.37. The number of benzene rings is 2. The molecule has 1 unspecified atom stereocenters. The fraction of sp³-hybridized carbons (Fsp3) is 0.419. The molecule has 3 aliphatic heterocycles. The number of hydrogen-bond donors (Lipinski definition) is 1. The van der Waals surface area contributed by atoms with Gasteiger partial charge in [0.15, 0.2) is 11.4 Å². The molecule has 2 atom stereocenters. The number of carbonyl (C=O) groups is 1. The fourth-order valence-electron chi connectivity index (χ4n) is 6.07. The molecule has 1 N–H and O–H groups in total. The Labute approximate surface area is 239 Å². The average molecular weight is 561 g/mol. The number of unbranched alkanes of at least 4 members (excludes halogenated alkanes) is 1. The Hall–Kier alpha value is -3.27. The van der Waals surface area contributed by atoms with E-state index in [-0.39, 0.29) is 23.7 Å². The van der Waals surface area contributed by atoms with Crippen molar-refractivity contribution in [1.82, 2.24) is 14.5 Å². The molecule has 1 aromatic heterocycles. The molecule has 3 aromatic rings. The third-order valence-electron chi connectivity index (χ3n) is 8.22. The van der Waals surface area contributed by atoms with Gasteiger partial charge in [0.1, 0.15) is 6.67 Å². The van der Waals surface area contributed by atoms with E-state index in [4.69, 9.17) is 4.74 Å². The Morgan fingerprint density at radius 2 is 1.82 bits per heavy atom. The van der Waals surface area contributed by atoms with Crippen molar-refractivity contribution in [2.45, 2.75) is 48.9 Å². The number of likely N-dealkylation sites (tertiary alicyclic amines) is 1. The number of amides is 1. The molecule has 0 spiro atoms. The highest BCUT2D eigenvalue weighted by molar-refractivity contribution is 7.98. The van der Waals surface area contributed by atoms with E-state index < -0.39 is 11.2 Å². The van der Waals surface area contributed by atoms with Crippen LogP contribution in [0.4, 0.5) is 0 Å². The normalized spacial score (nSPS) is 20.7. The maximum absolute atomic E-state index is 13.9. The molecule has 9 heteroatoms. The number of nitrogens with zero attached hydrogens (tertiary/aromatic N) is 4. The third-order valence-corrected chi connectivity index (χ3v) is 9.36. The highest BCUT2D eigenvalue weighted by Gasteiger charge is 2.42. The number of hydrogen-bond acceptors (Lipinski definition) is 7. The van der Waals surface area contributed by atoms with E-state index >= 15 is 0 Å². The lowest BCUT2D eigenvalue weighted by atomic mass is 9.94. The van der Waals surface area contributed by atoms with Crippen LogP contribution in [0.15, 0.2) is 70.5 Å². The Kier molecular flexibility index (Phi) is 7.87. The SMILES string of the molecule is CCCCOCCN1CC[C@@H](N2CN(C3c4ccccc4CSc4ccccc43)n3ccc(=O)c(O)c3C2=O)C1. The van der Waals surface area contributed by atoms with Crippen LogP contribution in [-0.4, -0.2) is 71.0 Å². The minimum absolute atomic E-state index is 0.0280. The number of rotatable bonds is 8. The molecule has 40 heavy (non-hydrogen) atoms. The van der Waals surface area contributed by atoms with Gasteiger partial charge in [-0.2, -0.15) is 0 Å². The van der Waals surface area contributed by atoms with Gasteiger partial charge in [0, 0.05) is 55.2 Å². The van der Waals surface area contributed by atoms with Gasteiger partial charge in [0.25, 0.3) is 5.91 Å². The summed E-state index contributed by atoms with van der Waals surface area (Å²) in [6.07, 6.45) is 4.64. The van der Waals surface area contributed by atoms with Crippen LogP contribution in [0, 0.1) is 0 Å². The van der Waals surface area contributed by atoms with Crippen LogP contribution in [0.1, 0.15) is 59.4 Å². The summed E-state index contributed by atoms with van der Waals surface area (Å²) < 4.78 is 7.49. The minimum atomic E-state index is -0.545. The molecule has 1 amide bonds. The van der Waals surface area contributed by atoms with E-state index in [0.29, 0.717) is 13.3 Å². The van der Waals surface area contributed by atoms with Crippen molar-refractivity contribution in [2.24, 2.45) is 0 Å². The van der Waals surface area contributed by atoms with Crippen LogP contribution in [0.5, 0.6) is 5.75 Å². The number of thioether (sulfide) groups is 1. The lowest BCUT2D eigenvalue weighted by Gasteiger charge is -2.46. The van der Waals surface area contributed by atoms with Gasteiger partial charge in [-0.1, -0.05) is 55.8 Å². The Bertz CT molecular complexity index is 1400. The van der Waals surface area contributed by atoms with Crippen molar-refractivity contribution >= 4 is 17.7 Å². The third kappa shape index (κ3) is 5.02. The summed E-state index contributed by atoms with van der Waals surface area (Å²) in [4.78, 5) is 31.9. The molecule has 4 heterocycles. The molecule has 0 saturated carbocycles. The summed E-state index contributed by atoms with van der Waals surface area (Å²) in [5.41, 5.74) is 3.03. The fourth-order valence-corrected chi connectivity index (χ4v) is 7.16. The quantitative estimate of drug-likeness (QED) is 0.414. The van der Waals surface area contributed by atoms with Gasteiger partial charge < -0.3 is 14.7 Å². The highest BCUT2D eigenvalue weighted by atomic mass is 32.2. The van der Waals surface area contributed by atoms with Gasteiger partial charge in [-0.15, -0.1) is 11.8 Å². The zero-order valence-corrected chi connectivity index (χ0v) is 23.7. The summed E-state index contributed by atoms with van der Waals surface area (Å²) in [6, 6.07) is 17.9. The first kappa shape index (κ1) is 26.9. The second-order valence-corrected chi connectivity index (χ2v) is 11.7. The first-order valence-electron chi connectivity index (χ1n) is 14.2. The molecule has 8 nitrogen and oxygen atoms in total. The van der Waals surface area contributed by atoms with Crippen molar-refractivity contribution in [3.05, 3.63) is 93.4 Å². The zero-order chi connectivity index (χ0) is 27.6. The monoisotopic (exact) mass is 560 g/mol. The number of aromatic nitrogens is 1. The predicted octanol–water partition coefficient (Wildman–Crippen LogP) is 4.19. The predicted molar refractivity (Wildman–Crippen MR) is 156 cm³/mol. The van der Waals surface area contributed by atoms with Gasteiger partial charge in [-0.3, -0.25) is 24.2 Å². The number of carbonyl (C=O) groups excluding carboxylic acids is 1. The molecule has 1 saturated heterocycles. The lowest BCUT2D eigenvalue weighted by molar-refractivity contribution is 0.0586. The Balaban J connectivity index is 1.37. The summed E-state index contributed by atoms with van der Waals surface area (Å²) >= 11 is 1.81. The summed E-state index contributed by atoms with van der Waals surface area (Å²) in [5.74, 6) is 0.0494. The molecule has 2 aromatic carbocycles. The Morgan fingerprint density at radius 3 is 2.67 bits per heavy atom. The molecule has 6 rings (SSSR count). The van der Waals surface area contributed by atoms with E-state index in [0.717, 1.165) is 62.4 Å². The largest absolute Gasteiger partial charge is 0.502 e. The standard InChI is InChI=1S/C31H36N4O4S/c1-2-3-17-39-18-16-32-14-12-23(19-32)33-21-35(34-15-13-26(36)30(37)29(34)31(33)38)28-24-9-5-4-8-22(24)20-40-27-11-7-6-10-25(27)28/h4-11,13,15,23,28,37H,2-3,12,14,16-21H2,1H3/t23-,28?/m1/s1. The second kappa shape index (κ2) is 11.7. The van der Waals surface area contributed by atoms with Crippen molar-refractivity contribution in [3.8, 4) is 5.75 Å². The second-order valence-electron chi connectivity index (χ2n) is 10.7. The first-order valence-corrected chi connectivity index (χ1v) is 15.2. The van der Waals surface area contributed by atoms with Crippen molar-refractivity contribution in [3.63, 3.8) is 0 Å². The number of pyridine rings is 1. The van der Waals surface area contributed by atoms with Crippen LogP contribution in [0.3, 0.4) is 0 Å². The first-order chi connectivity index (χ1) is 19.6. The topological polar surface area (TPSA) is 78.2 Å². The summed E-state index contributed by atoms with van der Waals surface area (Å²) in [5, 5.41) is 13.1. The summed E-state index contributed by atoms with van der Waals surface area (Å²) in [7, 11) is 0. The smallest absolute Gasteiger partial charge is 0.278 e. The van der Waals surface area contributed by atoms with Crippen LogP contribution in [-0.2, 0) is 10.5 Å². The molecule has 210 valence electrons. The van der Waals surface area contributed by atoms with Gasteiger partial charge in [-0.05, 0) is 35.6 Å². The van der Waals surface area contributed by atoms with Gasteiger partial charge in [0.2, 0.25) is 5.43 Å². The summed E-state index contributed by atoms with van der Waals surface area (Å²) in [6.45, 7) is 6.40.